The van der Waals surface area contributed by atoms with Gasteiger partial charge in [-0.2, -0.15) is 0 Å². The molecule has 0 bridgehead atoms. The van der Waals surface area contributed by atoms with Crippen LogP contribution < -0.4 is 9.47 Å². The first-order chi connectivity index (χ1) is 8.12. The molecule has 0 atom stereocenters. The van der Waals surface area contributed by atoms with Crippen molar-refractivity contribution in [3.63, 3.8) is 0 Å². The van der Waals surface area contributed by atoms with Gasteiger partial charge in [0, 0.05) is 6.54 Å². The lowest BCUT2D eigenvalue weighted by molar-refractivity contribution is 0.134. The number of aliphatic hydroxyl groups excluding tert-OH is 1. The van der Waals surface area contributed by atoms with Crippen LogP contribution in [0.4, 0.5) is 0 Å². The smallest absolute Gasteiger partial charge is 0.122 e. The minimum absolute atomic E-state index is 0.0608. The van der Waals surface area contributed by atoms with E-state index in [1.54, 1.807) is 14.2 Å². The van der Waals surface area contributed by atoms with Crippen molar-refractivity contribution in [1.82, 2.24) is 4.90 Å². The molecule has 4 nitrogen and oxygen atoms in total. The van der Waals surface area contributed by atoms with Gasteiger partial charge in [-0.25, -0.2) is 0 Å². The van der Waals surface area contributed by atoms with E-state index in [-0.39, 0.29) is 6.73 Å². The van der Waals surface area contributed by atoms with Crippen LogP contribution >= 0.6 is 0 Å². The number of aliphatic hydroxyl groups is 1. The number of ether oxygens (including phenoxy) is 2. The Morgan fingerprint density at radius 3 is 2.35 bits per heavy atom. The number of aryl methyl sites for hydroxylation is 1. The van der Waals surface area contributed by atoms with Crippen molar-refractivity contribution >= 4 is 0 Å². The highest BCUT2D eigenvalue weighted by Gasteiger charge is 2.09. The minimum atomic E-state index is 0.0608. The summed E-state index contributed by atoms with van der Waals surface area (Å²) in [6.07, 6.45) is 0.816. The molecule has 0 aliphatic heterocycles. The normalized spacial score (nSPS) is 10.7. The van der Waals surface area contributed by atoms with Crippen molar-refractivity contribution < 1.29 is 14.6 Å². The Morgan fingerprint density at radius 1 is 1.18 bits per heavy atom. The average molecular weight is 239 g/mol. The number of hydrogen-bond donors (Lipinski definition) is 1. The fourth-order valence-electron chi connectivity index (χ4n) is 1.69. The first-order valence-electron chi connectivity index (χ1n) is 5.63. The van der Waals surface area contributed by atoms with E-state index in [2.05, 4.69) is 0 Å². The molecule has 0 heterocycles. The second-order valence-electron chi connectivity index (χ2n) is 4.10. The zero-order valence-corrected chi connectivity index (χ0v) is 11.0. The quantitative estimate of drug-likeness (QED) is 0.763. The van der Waals surface area contributed by atoms with Gasteiger partial charge in [-0.05, 0) is 43.7 Å². The third kappa shape index (κ3) is 3.61. The fourth-order valence-corrected chi connectivity index (χ4v) is 1.69. The van der Waals surface area contributed by atoms with E-state index in [0.717, 1.165) is 35.6 Å². The Balaban J connectivity index is 2.88. The number of likely N-dealkylation sites (N-methyl/N-ethyl adjacent to an activating group) is 1. The molecule has 0 spiro atoms. The van der Waals surface area contributed by atoms with Gasteiger partial charge in [-0.1, -0.05) is 0 Å². The molecule has 0 saturated carbocycles. The molecule has 17 heavy (non-hydrogen) atoms. The summed E-state index contributed by atoms with van der Waals surface area (Å²) >= 11 is 0. The molecule has 1 aromatic rings. The predicted molar refractivity (Wildman–Crippen MR) is 67.7 cm³/mol. The lowest BCUT2D eigenvalue weighted by Crippen LogP contribution is -2.22. The van der Waals surface area contributed by atoms with Crippen LogP contribution in [0.3, 0.4) is 0 Å². The van der Waals surface area contributed by atoms with Crippen LogP contribution in [0.2, 0.25) is 0 Å². The zero-order chi connectivity index (χ0) is 12.8. The number of benzene rings is 1. The van der Waals surface area contributed by atoms with Gasteiger partial charge < -0.3 is 14.6 Å². The van der Waals surface area contributed by atoms with Crippen LogP contribution in [-0.4, -0.2) is 44.5 Å². The predicted octanol–water partition coefficient (Wildman–Crippen LogP) is 1.44. The second-order valence-corrected chi connectivity index (χ2v) is 4.10. The SMILES string of the molecule is COc1cc(CCN(C)CO)c(OC)cc1C. The van der Waals surface area contributed by atoms with Crippen LogP contribution in [0.25, 0.3) is 0 Å². The monoisotopic (exact) mass is 239 g/mol. The van der Waals surface area contributed by atoms with Gasteiger partial charge in [-0.3, -0.25) is 4.90 Å². The molecule has 0 aliphatic rings. The standard InChI is InChI=1S/C13H21NO3/c1-10-7-13(17-4)11(8-12(10)16-3)5-6-14(2)9-15/h7-8,15H,5-6,9H2,1-4H3. The second kappa shape index (κ2) is 6.47. The molecule has 0 fully saturated rings. The molecule has 1 aromatic carbocycles. The highest BCUT2D eigenvalue weighted by molar-refractivity contribution is 5.46. The third-order valence-electron chi connectivity index (χ3n) is 2.80. The van der Waals surface area contributed by atoms with Crippen molar-refractivity contribution in [1.29, 1.82) is 0 Å². The van der Waals surface area contributed by atoms with Gasteiger partial charge in [0.05, 0.1) is 21.0 Å². The van der Waals surface area contributed by atoms with Gasteiger partial charge in [0.15, 0.2) is 0 Å². The molecular formula is C13H21NO3. The fraction of sp³-hybridized carbons (Fsp3) is 0.538. The van der Waals surface area contributed by atoms with Crippen molar-refractivity contribution in [2.45, 2.75) is 13.3 Å². The summed E-state index contributed by atoms with van der Waals surface area (Å²) in [6, 6.07) is 3.98. The Kier molecular flexibility index (Phi) is 5.25. The lowest BCUT2D eigenvalue weighted by Gasteiger charge is -2.16. The van der Waals surface area contributed by atoms with Crippen LogP contribution in [0.15, 0.2) is 12.1 Å². The highest BCUT2D eigenvalue weighted by Crippen LogP contribution is 2.28. The molecule has 0 amide bonds. The van der Waals surface area contributed by atoms with E-state index in [4.69, 9.17) is 14.6 Å². The molecule has 0 aromatic heterocycles. The summed E-state index contributed by atoms with van der Waals surface area (Å²) in [4.78, 5) is 1.84. The van der Waals surface area contributed by atoms with Crippen LogP contribution in [0.5, 0.6) is 11.5 Å². The molecule has 0 radical (unpaired) electrons. The summed E-state index contributed by atoms with van der Waals surface area (Å²) in [6.45, 7) is 2.83. The molecule has 4 heteroatoms. The Hall–Kier alpha value is -1.26. The van der Waals surface area contributed by atoms with Gasteiger partial charge in [0.2, 0.25) is 0 Å². The Bertz CT molecular complexity index is 366. The van der Waals surface area contributed by atoms with Crippen molar-refractivity contribution in [2.75, 3.05) is 34.5 Å². The first kappa shape index (κ1) is 13.8. The topological polar surface area (TPSA) is 41.9 Å². The first-order valence-corrected chi connectivity index (χ1v) is 5.63. The van der Waals surface area contributed by atoms with E-state index in [9.17, 15) is 0 Å². The maximum Gasteiger partial charge on any atom is 0.122 e. The largest absolute Gasteiger partial charge is 0.496 e. The zero-order valence-electron chi connectivity index (χ0n) is 11.0. The molecule has 0 unspecified atom stereocenters. The van der Waals surface area contributed by atoms with Crippen molar-refractivity contribution in [3.05, 3.63) is 23.3 Å². The van der Waals surface area contributed by atoms with E-state index < -0.39 is 0 Å². The number of hydrogen-bond acceptors (Lipinski definition) is 4. The van der Waals surface area contributed by atoms with Gasteiger partial charge in [0.25, 0.3) is 0 Å². The Morgan fingerprint density at radius 2 is 1.82 bits per heavy atom. The number of rotatable bonds is 6. The van der Waals surface area contributed by atoms with E-state index in [1.165, 1.54) is 0 Å². The van der Waals surface area contributed by atoms with Gasteiger partial charge >= 0.3 is 0 Å². The lowest BCUT2D eigenvalue weighted by atomic mass is 10.1. The maximum atomic E-state index is 8.95. The summed E-state index contributed by atoms with van der Waals surface area (Å²) in [5.74, 6) is 1.74. The van der Waals surface area contributed by atoms with Gasteiger partial charge in [0.1, 0.15) is 11.5 Å². The van der Waals surface area contributed by atoms with Gasteiger partial charge in [-0.15, -0.1) is 0 Å². The molecule has 1 rings (SSSR count). The summed E-state index contributed by atoms with van der Waals surface area (Å²) in [5, 5.41) is 8.95. The van der Waals surface area contributed by atoms with Crippen molar-refractivity contribution in [3.8, 4) is 11.5 Å². The van der Waals surface area contributed by atoms with Crippen LogP contribution in [0, 0.1) is 6.92 Å². The summed E-state index contributed by atoms with van der Waals surface area (Å²) < 4.78 is 10.7. The summed E-state index contributed by atoms with van der Waals surface area (Å²) in [5.41, 5.74) is 2.15. The summed E-state index contributed by atoms with van der Waals surface area (Å²) in [7, 11) is 5.21. The van der Waals surface area contributed by atoms with Crippen LogP contribution in [0.1, 0.15) is 11.1 Å². The van der Waals surface area contributed by atoms with Crippen molar-refractivity contribution in [2.24, 2.45) is 0 Å². The third-order valence-corrected chi connectivity index (χ3v) is 2.80. The molecule has 1 N–H and O–H groups in total. The maximum absolute atomic E-state index is 8.95. The van der Waals surface area contributed by atoms with E-state index >= 15 is 0 Å². The number of nitrogens with zero attached hydrogens (tertiary/aromatic N) is 1. The average Bonchev–Trinajstić information content (AvgIpc) is 2.36. The molecule has 0 aliphatic carbocycles. The Labute approximate surface area is 103 Å². The van der Waals surface area contributed by atoms with E-state index in [1.807, 2.05) is 31.0 Å². The minimum Gasteiger partial charge on any atom is -0.496 e. The van der Waals surface area contributed by atoms with Crippen LogP contribution in [-0.2, 0) is 6.42 Å². The molecular weight excluding hydrogens is 218 g/mol. The molecule has 96 valence electrons. The van der Waals surface area contributed by atoms with E-state index in [0.29, 0.717) is 0 Å². The number of methoxy groups -OCH3 is 2. The highest BCUT2D eigenvalue weighted by atomic mass is 16.5. The molecule has 0 saturated heterocycles.